The third kappa shape index (κ3) is 2.79. The van der Waals surface area contributed by atoms with Gasteiger partial charge in [0.2, 0.25) is 0 Å². The molecule has 0 aliphatic carbocycles. The van der Waals surface area contributed by atoms with Gasteiger partial charge in [-0.05, 0) is 30.9 Å². The minimum Gasteiger partial charge on any atom is -0.507 e. The van der Waals surface area contributed by atoms with Crippen LogP contribution in [-0.4, -0.2) is 11.8 Å². The quantitative estimate of drug-likeness (QED) is 0.603. The first kappa shape index (κ1) is 12.0. The molecule has 0 bridgehead atoms. The topological polar surface area (TPSA) is 20.2 Å². The van der Waals surface area contributed by atoms with Gasteiger partial charge in [-0.2, -0.15) is 0 Å². The molecule has 3 heteroatoms. The third-order valence-corrected chi connectivity index (χ3v) is 2.42. The Labute approximate surface area is 85.8 Å². The van der Waals surface area contributed by atoms with E-state index in [-0.39, 0.29) is 17.1 Å². The minimum absolute atomic E-state index is 0. The summed E-state index contributed by atoms with van der Waals surface area (Å²) >= 11 is 0. The molecule has 0 aliphatic rings. The Morgan fingerprint density at radius 1 is 1.42 bits per heavy atom. The molecule has 12 heavy (non-hydrogen) atoms. The maximum atomic E-state index is 9.53. The smallest absolute Gasteiger partial charge is 0.122 e. The Kier molecular flexibility index (Phi) is 5.57. The molecule has 1 nitrogen and oxygen atoms in total. The normalized spacial score (nSPS) is 10.2. The van der Waals surface area contributed by atoms with Gasteiger partial charge in [0.25, 0.3) is 0 Å². The number of phenols is 1. The Morgan fingerprint density at radius 3 is 2.67 bits per heavy atom. The predicted molar refractivity (Wildman–Crippen MR) is 50.8 cm³/mol. The molecule has 1 aromatic carbocycles. The van der Waals surface area contributed by atoms with Crippen LogP contribution in [0.15, 0.2) is 18.2 Å². The van der Waals surface area contributed by atoms with Crippen LogP contribution in [0.1, 0.15) is 11.1 Å². The van der Waals surface area contributed by atoms with Crippen molar-refractivity contribution in [3.05, 3.63) is 29.3 Å². The van der Waals surface area contributed by atoms with Crippen LogP contribution in [0.2, 0.25) is 0 Å². The maximum absolute atomic E-state index is 9.53. The zero-order chi connectivity index (χ0) is 8.27. The van der Waals surface area contributed by atoms with Gasteiger partial charge in [0.15, 0.2) is 0 Å². The average molecular weight is 223 g/mol. The molecule has 1 N–H and O–H groups in total. The number of hydrogen-bond donors (Lipinski definition) is 1. The predicted octanol–water partition coefficient (Wildman–Crippen LogP) is 2.51. The first-order valence-corrected chi connectivity index (χ1v) is 5.38. The van der Waals surface area contributed by atoms with Gasteiger partial charge in [-0.3, -0.25) is 0 Å². The molecular weight excluding hydrogens is 210 g/mol. The molecule has 1 unspecified atom stereocenters. The molecule has 0 saturated carbocycles. The first-order valence-electron chi connectivity index (χ1n) is 3.67. The van der Waals surface area contributed by atoms with E-state index in [0.29, 0.717) is 5.75 Å². The van der Waals surface area contributed by atoms with E-state index in [2.05, 4.69) is 6.66 Å². The van der Waals surface area contributed by atoms with Crippen molar-refractivity contribution in [1.29, 1.82) is 0 Å². The average Bonchev–Trinajstić information content (AvgIpc) is 1.99. The summed E-state index contributed by atoms with van der Waals surface area (Å²) in [6.07, 6.45) is 0.994. The molecule has 0 spiro atoms. The summed E-state index contributed by atoms with van der Waals surface area (Å²) < 4.78 is 0. The summed E-state index contributed by atoms with van der Waals surface area (Å²) in [5.41, 5.74) is 2.05. The van der Waals surface area contributed by atoms with E-state index in [0.717, 1.165) is 25.9 Å². The van der Waals surface area contributed by atoms with E-state index in [1.165, 1.54) is 0 Å². The second-order valence-electron chi connectivity index (χ2n) is 2.61. The molecule has 1 atom stereocenters. The van der Waals surface area contributed by atoms with Crippen LogP contribution in [0.25, 0.3) is 0 Å². The zero-order valence-electron chi connectivity index (χ0n) is 7.26. The van der Waals surface area contributed by atoms with Gasteiger partial charge in [0.05, 0.1) is 0 Å². The van der Waals surface area contributed by atoms with Crippen LogP contribution in [-0.2, 0) is 23.2 Å². The van der Waals surface area contributed by atoms with Crippen LogP contribution in [0.4, 0.5) is 0 Å². The second kappa shape index (κ2) is 5.59. The number of aryl methyl sites for hydroxylation is 1. The molecular formula is C9H13MnOP. The van der Waals surface area contributed by atoms with Gasteiger partial charge in [-0.25, -0.2) is 0 Å². The fraction of sp³-hybridized carbons (Fsp3) is 0.333. The Morgan fingerprint density at radius 2 is 2.08 bits per heavy atom. The van der Waals surface area contributed by atoms with Crippen molar-refractivity contribution >= 4 is 8.58 Å². The van der Waals surface area contributed by atoms with Gasteiger partial charge in [-0.15, -0.1) is 8.58 Å². The standard InChI is InChI=1S/C9H13OP.Mn/c1-7-4-3-5-8(6-11-2)9(7)10;/h3-5,10-11H,6H2,1-2H3;. The third-order valence-electron chi connectivity index (χ3n) is 1.69. The monoisotopic (exact) mass is 223 g/mol. The summed E-state index contributed by atoms with van der Waals surface area (Å²) in [5.74, 6) is 0.474. The second-order valence-corrected chi connectivity index (χ2v) is 3.67. The van der Waals surface area contributed by atoms with E-state index in [4.69, 9.17) is 0 Å². The number of hydrogen-bond acceptors (Lipinski definition) is 1. The fourth-order valence-corrected chi connectivity index (χ4v) is 1.72. The van der Waals surface area contributed by atoms with E-state index >= 15 is 0 Å². The van der Waals surface area contributed by atoms with Crippen molar-refractivity contribution in [2.45, 2.75) is 13.1 Å². The van der Waals surface area contributed by atoms with Crippen LogP contribution < -0.4 is 0 Å². The number of phenolic OH excluding ortho intramolecular Hbond substituents is 1. The van der Waals surface area contributed by atoms with E-state index < -0.39 is 0 Å². The summed E-state index contributed by atoms with van der Waals surface area (Å²) in [4.78, 5) is 0. The Bertz CT molecular complexity index is 250. The molecule has 1 rings (SSSR count). The number of para-hydroxylation sites is 1. The largest absolute Gasteiger partial charge is 0.507 e. The van der Waals surface area contributed by atoms with Crippen molar-refractivity contribution < 1.29 is 22.2 Å². The number of benzene rings is 1. The molecule has 0 heterocycles. The van der Waals surface area contributed by atoms with Gasteiger partial charge < -0.3 is 5.11 Å². The van der Waals surface area contributed by atoms with Crippen molar-refractivity contribution in [2.24, 2.45) is 0 Å². The number of rotatable bonds is 2. The molecule has 1 aromatic rings. The molecule has 0 aromatic heterocycles. The van der Waals surface area contributed by atoms with Crippen LogP contribution >= 0.6 is 8.58 Å². The van der Waals surface area contributed by atoms with Gasteiger partial charge >= 0.3 is 0 Å². The summed E-state index contributed by atoms with van der Waals surface area (Å²) in [6, 6.07) is 5.90. The van der Waals surface area contributed by atoms with Gasteiger partial charge in [0, 0.05) is 17.1 Å². The van der Waals surface area contributed by atoms with Crippen molar-refractivity contribution in [3.8, 4) is 5.75 Å². The Balaban J connectivity index is 0.00000121. The summed E-state index contributed by atoms with van der Waals surface area (Å²) in [7, 11) is 0.868. The van der Waals surface area contributed by atoms with Gasteiger partial charge in [-0.1, -0.05) is 18.2 Å². The van der Waals surface area contributed by atoms with Crippen LogP contribution in [0.5, 0.6) is 5.75 Å². The molecule has 67 valence electrons. The maximum Gasteiger partial charge on any atom is 0.122 e. The van der Waals surface area contributed by atoms with Crippen molar-refractivity contribution in [2.75, 3.05) is 6.66 Å². The van der Waals surface area contributed by atoms with E-state index in [1.54, 1.807) is 0 Å². The Hall–Kier alpha value is -0.0305. The number of aromatic hydroxyl groups is 1. The van der Waals surface area contributed by atoms with Gasteiger partial charge in [0.1, 0.15) is 5.75 Å². The summed E-state index contributed by atoms with van der Waals surface area (Å²) in [6.45, 7) is 4.07. The van der Waals surface area contributed by atoms with E-state index in [1.807, 2.05) is 25.1 Å². The molecule has 0 amide bonds. The fourth-order valence-electron chi connectivity index (χ4n) is 1.05. The van der Waals surface area contributed by atoms with Crippen molar-refractivity contribution in [3.63, 3.8) is 0 Å². The zero-order valence-corrected chi connectivity index (χ0v) is 9.44. The first-order chi connectivity index (χ1) is 5.25. The molecule has 1 radical (unpaired) electrons. The van der Waals surface area contributed by atoms with Crippen LogP contribution in [0.3, 0.4) is 0 Å². The minimum atomic E-state index is 0. The van der Waals surface area contributed by atoms with E-state index in [9.17, 15) is 5.11 Å². The van der Waals surface area contributed by atoms with Crippen molar-refractivity contribution in [1.82, 2.24) is 0 Å². The van der Waals surface area contributed by atoms with Crippen LogP contribution in [0, 0.1) is 6.92 Å². The molecule has 0 saturated heterocycles. The molecule has 0 aliphatic heterocycles. The SMILES string of the molecule is CPCc1cccc(C)c1O.[Mn]. The summed E-state index contributed by atoms with van der Waals surface area (Å²) in [5, 5.41) is 9.53. The molecule has 0 fully saturated rings.